The lowest BCUT2D eigenvalue weighted by Gasteiger charge is -2.17. The van der Waals surface area contributed by atoms with Crippen molar-refractivity contribution in [3.8, 4) is 5.75 Å². The number of benzene rings is 1. The Kier molecular flexibility index (Phi) is 5.30. The molecule has 3 N–H and O–H groups in total. The molecule has 5 heteroatoms. The van der Waals surface area contributed by atoms with Crippen molar-refractivity contribution in [2.45, 2.75) is 20.3 Å². The van der Waals surface area contributed by atoms with Gasteiger partial charge in [0, 0.05) is 42.2 Å². The zero-order valence-corrected chi connectivity index (χ0v) is 11.0. The molecule has 0 aliphatic rings. The van der Waals surface area contributed by atoms with Gasteiger partial charge >= 0.3 is 5.97 Å². The molecule has 18 heavy (non-hydrogen) atoms. The second kappa shape index (κ2) is 6.74. The number of hydrogen-bond donors (Lipinski definition) is 3. The molecule has 1 aromatic carbocycles. The van der Waals surface area contributed by atoms with E-state index >= 15 is 0 Å². The Morgan fingerprint density at radius 3 is 2.06 bits per heavy atom. The minimum atomic E-state index is -0.849. The van der Waals surface area contributed by atoms with Crippen molar-refractivity contribution >= 4 is 17.3 Å². The van der Waals surface area contributed by atoms with E-state index < -0.39 is 5.97 Å². The van der Waals surface area contributed by atoms with Gasteiger partial charge in [-0.25, -0.2) is 0 Å². The third-order valence-corrected chi connectivity index (χ3v) is 2.52. The van der Waals surface area contributed by atoms with Crippen molar-refractivity contribution in [2.75, 3.05) is 30.8 Å². The second-order valence-corrected chi connectivity index (χ2v) is 3.83. The van der Waals surface area contributed by atoms with Crippen molar-refractivity contribution in [2.24, 2.45) is 0 Å². The lowest BCUT2D eigenvalue weighted by Crippen LogP contribution is -2.10. The van der Waals surface area contributed by atoms with Crippen LogP contribution in [0, 0.1) is 0 Å². The van der Waals surface area contributed by atoms with Gasteiger partial charge < -0.3 is 20.5 Å². The molecule has 0 saturated heterocycles. The van der Waals surface area contributed by atoms with Gasteiger partial charge in [-0.2, -0.15) is 0 Å². The number of methoxy groups -OCH3 is 1. The highest BCUT2D eigenvalue weighted by Crippen LogP contribution is 2.31. The van der Waals surface area contributed by atoms with Crippen molar-refractivity contribution in [1.29, 1.82) is 0 Å². The molecule has 0 unspecified atom stereocenters. The number of ether oxygens (including phenoxy) is 1. The van der Waals surface area contributed by atoms with E-state index in [4.69, 9.17) is 9.84 Å². The van der Waals surface area contributed by atoms with Crippen molar-refractivity contribution < 1.29 is 14.6 Å². The summed E-state index contributed by atoms with van der Waals surface area (Å²) in [5.41, 5.74) is 2.36. The number of nitrogens with one attached hydrogen (secondary N) is 2. The predicted molar refractivity (Wildman–Crippen MR) is 72.7 cm³/mol. The highest BCUT2D eigenvalue weighted by molar-refractivity contribution is 5.79. The lowest BCUT2D eigenvalue weighted by atomic mass is 10.1. The first kappa shape index (κ1) is 14.2. The highest BCUT2D eigenvalue weighted by atomic mass is 16.5. The van der Waals surface area contributed by atoms with Gasteiger partial charge in [0.1, 0.15) is 5.75 Å². The van der Waals surface area contributed by atoms with Crippen LogP contribution in [0.25, 0.3) is 0 Å². The van der Waals surface area contributed by atoms with Gasteiger partial charge in [-0.15, -0.1) is 0 Å². The van der Waals surface area contributed by atoms with Crippen LogP contribution in [0.15, 0.2) is 12.1 Å². The van der Waals surface area contributed by atoms with E-state index in [-0.39, 0.29) is 6.42 Å². The van der Waals surface area contributed by atoms with Crippen LogP contribution >= 0.6 is 0 Å². The van der Waals surface area contributed by atoms with E-state index in [1.807, 2.05) is 26.0 Å². The highest BCUT2D eigenvalue weighted by Gasteiger charge is 2.13. The molecule has 0 fully saturated rings. The molecule has 0 amide bonds. The molecule has 0 aliphatic carbocycles. The largest absolute Gasteiger partial charge is 0.497 e. The summed E-state index contributed by atoms with van der Waals surface area (Å²) >= 11 is 0. The van der Waals surface area contributed by atoms with Gasteiger partial charge in [-0.1, -0.05) is 0 Å². The molecule has 0 atom stereocenters. The lowest BCUT2D eigenvalue weighted by molar-refractivity contribution is -0.136. The molecule has 1 aromatic rings. The summed E-state index contributed by atoms with van der Waals surface area (Å²) in [6, 6.07) is 3.64. The summed E-state index contributed by atoms with van der Waals surface area (Å²) in [7, 11) is 1.59. The third kappa shape index (κ3) is 3.55. The molecule has 0 radical (unpaired) electrons. The quantitative estimate of drug-likeness (QED) is 0.694. The van der Waals surface area contributed by atoms with E-state index in [1.165, 1.54) is 0 Å². The van der Waals surface area contributed by atoms with Gasteiger partial charge in [-0.3, -0.25) is 4.79 Å². The van der Waals surface area contributed by atoms with Crippen molar-refractivity contribution in [3.63, 3.8) is 0 Å². The number of carboxylic acids is 1. The molecule has 0 aliphatic heterocycles. The number of carboxylic acid groups (broad SMARTS) is 1. The molecule has 5 nitrogen and oxygen atoms in total. The molecule has 0 bridgehead atoms. The van der Waals surface area contributed by atoms with Crippen LogP contribution in [0.1, 0.15) is 19.4 Å². The maximum absolute atomic E-state index is 10.9. The normalized spacial score (nSPS) is 9.94. The topological polar surface area (TPSA) is 70.6 Å². The van der Waals surface area contributed by atoms with Gasteiger partial charge in [0.05, 0.1) is 13.5 Å². The van der Waals surface area contributed by atoms with Crippen LogP contribution in [-0.4, -0.2) is 31.3 Å². The zero-order valence-electron chi connectivity index (χ0n) is 11.0. The molecular weight excluding hydrogens is 232 g/mol. The first-order valence-electron chi connectivity index (χ1n) is 6.02. The van der Waals surface area contributed by atoms with E-state index in [0.717, 1.165) is 30.0 Å². The Bertz CT molecular complexity index is 392. The second-order valence-electron chi connectivity index (χ2n) is 3.83. The van der Waals surface area contributed by atoms with Crippen LogP contribution in [0.4, 0.5) is 11.4 Å². The maximum Gasteiger partial charge on any atom is 0.307 e. The van der Waals surface area contributed by atoms with E-state index in [0.29, 0.717) is 5.75 Å². The van der Waals surface area contributed by atoms with Crippen LogP contribution in [0.5, 0.6) is 5.75 Å². The third-order valence-electron chi connectivity index (χ3n) is 2.52. The summed E-state index contributed by atoms with van der Waals surface area (Å²) in [6.07, 6.45) is -0.0192. The molecule has 100 valence electrons. The summed E-state index contributed by atoms with van der Waals surface area (Å²) in [5.74, 6) is -0.144. The Morgan fingerprint density at radius 2 is 1.72 bits per heavy atom. The molecule has 0 saturated carbocycles. The van der Waals surface area contributed by atoms with E-state index in [1.54, 1.807) is 7.11 Å². The predicted octanol–water partition coefficient (Wildman–Crippen LogP) is 2.19. The van der Waals surface area contributed by atoms with E-state index in [9.17, 15) is 4.79 Å². The standard InChI is InChI=1S/C13H20N2O3/c1-4-14-11-6-9(18-3)7-12(15-5-2)10(11)8-13(16)17/h6-7,14-15H,4-5,8H2,1-3H3,(H,16,17). The average Bonchev–Trinajstić information content (AvgIpc) is 2.33. The van der Waals surface area contributed by atoms with E-state index in [2.05, 4.69) is 10.6 Å². The van der Waals surface area contributed by atoms with Gasteiger partial charge in [-0.05, 0) is 13.8 Å². The smallest absolute Gasteiger partial charge is 0.307 e. The van der Waals surface area contributed by atoms with Crippen molar-refractivity contribution in [3.05, 3.63) is 17.7 Å². The van der Waals surface area contributed by atoms with Crippen molar-refractivity contribution in [1.82, 2.24) is 0 Å². The number of carbonyl (C=O) groups is 1. The average molecular weight is 252 g/mol. The molecule has 1 rings (SSSR count). The monoisotopic (exact) mass is 252 g/mol. The number of hydrogen-bond acceptors (Lipinski definition) is 4. The summed E-state index contributed by atoms with van der Waals surface area (Å²) in [4.78, 5) is 10.9. The SMILES string of the molecule is CCNc1cc(OC)cc(NCC)c1CC(=O)O. The fourth-order valence-electron chi connectivity index (χ4n) is 1.80. The molecule has 0 spiro atoms. The zero-order chi connectivity index (χ0) is 13.5. The maximum atomic E-state index is 10.9. The first-order valence-corrected chi connectivity index (χ1v) is 6.02. The Morgan fingerprint density at radius 1 is 1.22 bits per heavy atom. The number of aliphatic carboxylic acids is 1. The Labute approximate surface area is 107 Å². The van der Waals surface area contributed by atoms with Gasteiger partial charge in [0.15, 0.2) is 0 Å². The minimum absolute atomic E-state index is 0.0192. The summed E-state index contributed by atoms with van der Waals surface area (Å²) in [6.45, 7) is 5.39. The van der Waals surface area contributed by atoms with Gasteiger partial charge in [0.2, 0.25) is 0 Å². The summed E-state index contributed by atoms with van der Waals surface area (Å²) in [5, 5.41) is 15.3. The number of anilines is 2. The molecular formula is C13H20N2O3. The van der Waals surface area contributed by atoms with Crippen LogP contribution in [-0.2, 0) is 11.2 Å². The Balaban J connectivity index is 3.24. The van der Waals surface area contributed by atoms with Crippen LogP contribution in [0.2, 0.25) is 0 Å². The first-order chi connectivity index (χ1) is 8.62. The number of rotatable bonds is 7. The van der Waals surface area contributed by atoms with Gasteiger partial charge in [0.25, 0.3) is 0 Å². The molecule has 0 aromatic heterocycles. The van der Waals surface area contributed by atoms with Crippen LogP contribution in [0.3, 0.4) is 0 Å². The summed E-state index contributed by atoms with van der Waals surface area (Å²) < 4.78 is 5.22. The minimum Gasteiger partial charge on any atom is -0.497 e. The Hall–Kier alpha value is -1.91. The molecule has 0 heterocycles. The fraction of sp³-hybridized carbons (Fsp3) is 0.462. The fourth-order valence-corrected chi connectivity index (χ4v) is 1.80. The van der Waals surface area contributed by atoms with Crippen LogP contribution < -0.4 is 15.4 Å².